The molecule has 0 radical (unpaired) electrons. The fourth-order valence-corrected chi connectivity index (χ4v) is 3.65. The first kappa shape index (κ1) is 20.1. The van der Waals surface area contributed by atoms with Gasteiger partial charge in [-0.3, -0.25) is 9.59 Å². The van der Waals surface area contributed by atoms with E-state index >= 15 is 0 Å². The van der Waals surface area contributed by atoms with Crippen LogP contribution >= 0.6 is 0 Å². The van der Waals surface area contributed by atoms with E-state index in [-0.39, 0.29) is 17.2 Å². The summed E-state index contributed by atoms with van der Waals surface area (Å²) in [4.78, 5) is 29.0. The summed E-state index contributed by atoms with van der Waals surface area (Å²) in [5, 5.41) is 4.63. The molecular formula is C22H30N4O2. The minimum Gasteiger partial charge on any atom is -0.339 e. The highest BCUT2D eigenvalue weighted by Gasteiger charge is 2.31. The standard InChI is InChI=1S/C22H30N4O2/c1-16-19(17(2)26(23-16)18-9-7-6-8-10-18)15-20(27)24-11-13-25(14-12-24)21(28)22(3,4)5/h6-10H,11-15H2,1-5H3. The molecule has 6 nitrogen and oxygen atoms in total. The Balaban J connectivity index is 1.67. The molecular weight excluding hydrogens is 352 g/mol. The molecule has 1 aromatic carbocycles. The Kier molecular flexibility index (Phi) is 5.59. The number of hydrogen-bond acceptors (Lipinski definition) is 3. The Hall–Kier alpha value is -2.63. The molecule has 150 valence electrons. The second-order valence-corrected chi connectivity index (χ2v) is 8.50. The van der Waals surface area contributed by atoms with Crippen LogP contribution in [0.15, 0.2) is 30.3 Å². The lowest BCUT2D eigenvalue weighted by molar-refractivity contribution is -0.144. The fourth-order valence-electron chi connectivity index (χ4n) is 3.65. The highest BCUT2D eigenvalue weighted by molar-refractivity contribution is 5.82. The predicted molar refractivity (Wildman–Crippen MR) is 109 cm³/mol. The molecule has 1 aliphatic heterocycles. The number of piperazine rings is 1. The van der Waals surface area contributed by atoms with Gasteiger partial charge in [0.25, 0.3) is 0 Å². The molecule has 0 bridgehead atoms. The van der Waals surface area contributed by atoms with Gasteiger partial charge in [0.2, 0.25) is 11.8 Å². The van der Waals surface area contributed by atoms with E-state index in [4.69, 9.17) is 0 Å². The van der Waals surface area contributed by atoms with Crippen molar-refractivity contribution in [2.45, 2.75) is 41.0 Å². The summed E-state index contributed by atoms with van der Waals surface area (Å²) in [6, 6.07) is 9.96. The predicted octanol–water partition coefficient (Wildman–Crippen LogP) is 2.75. The number of rotatable bonds is 3. The van der Waals surface area contributed by atoms with Gasteiger partial charge in [-0.1, -0.05) is 39.0 Å². The van der Waals surface area contributed by atoms with Gasteiger partial charge in [0.1, 0.15) is 0 Å². The van der Waals surface area contributed by atoms with Gasteiger partial charge in [0.15, 0.2) is 0 Å². The number of aryl methyl sites for hydroxylation is 1. The third kappa shape index (κ3) is 4.11. The van der Waals surface area contributed by atoms with Crippen LogP contribution in [0.5, 0.6) is 0 Å². The van der Waals surface area contributed by atoms with Crippen LogP contribution in [-0.4, -0.2) is 57.6 Å². The first-order chi connectivity index (χ1) is 13.2. The third-order valence-corrected chi connectivity index (χ3v) is 5.33. The maximum Gasteiger partial charge on any atom is 0.228 e. The van der Waals surface area contributed by atoms with Gasteiger partial charge in [0.05, 0.1) is 17.8 Å². The number of aromatic nitrogens is 2. The summed E-state index contributed by atoms with van der Waals surface area (Å²) in [7, 11) is 0. The Morgan fingerprint density at radius 2 is 1.54 bits per heavy atom. The summed E-state index contributed by atoms with van der Waals surface area (Å²) >= 11 is 0. The van der Waals surface area contributed by atoms with Crippen LogP contribution in [-0.2, 0) is 16.0 Å². The lowest BCUT2D eigenvalue weighted by Crippen LogP contribution is -2.53. The first-order valence-corrected chi connectivity index (χ1v) is 9.86. The molecule has 2 aromatic rings. The van der Waals surface area contributed by atoms with E-state index in [1.165, 1.54) is 0 Å². The van der Waals surface area contributed by atoms with E-state index in [1.54, 1.807) is 0 Å². The molecule has 2 amide bonds. The second-order valence-electron chi connectivity index (χ2n) is 8.50. The van der Waals surface area contributed by atoms with E-state index in [0.717, 1.165) is 22.6 Å². The van der Waals surface area contributed by atoms with E-state index in [1.807, 2.05) is 79.4 Å². The largest absolute Gasteiger partial charge is 0.339 e. The van der Waals surface area contributed by atoms with Crippen molar-refractivity contribution in [1.82, 2.24) is 19.6 Å². The summed E-state index contributed by atoms with van der Waals surface area (Å²) in [5.41, 5.74) is 3.49. The lowest BCUT2D eigenvalue weighted by Gasteiger charge is -2.37. The summed E-state index contributed by atoms with van der Waals surface area (Å²) in [6.45, 7) is 12.1. The van der Waals surface area contributed by atoms with Gasteiger partial charge < -0.3 is 9.80 Å². The molecule has 0 N–H and O–H groups in total. The number of benzene rings is 1. The zero-order chi connectivity index (χ0) is 20.5. The molecule has 1 fully saturated rings. The quantitative estimate of drug-likeness (QED) is 0.820. The van der Waals surface area contributed by atoms with Crippen molar-refractivity contribution in [3.63, 3.8) is 0 Å². The smallest absolute Gasteiger partial charge is 0.228 e. The molecule has 0 atom stereocenters. The average molecular weight is 383 g/mol. The zero-order valence-electron chi connectivity index (χ0n) is 17.5. The first-order valence-electron chi connectivity index (χ1n) is 9.86. The normalized spacial score (nSPS) is 15.0. The van der Waals surface area contributed by atoms with E-state index in [2.05, 4.69) is 5.10 Å². The number of amides is 2. The minimum atomic E-state index is -0.383. The van der Waals surface area contributed by atoms with Crippen molar-refractivity contribution in [2.24, 2.45) is 5.41 Å². The van der Waals surface area contributed by atoms with E-state index in [9.17, 15) is 9.59 Å². The monoisotopic (exact) mass is 382 g/mol. The highest BCUT2D eigenvalue weighted by atomic mass is 16.2. The molecule has 0 aliphatic carbocycles. The number of para-hydroxylation sites is 1. The van der Waals surface area contributed by atoms with Crippen molar-refractivity contribution >= 4 is 11.8 Å². The second kappa shape index (κ2) is 7.78. The summed E-state index contributed by atoms with van der Waals surface area (Å²) < 4.78 is 1.90. The SMILES string of the molecule is Cc1nn(-c2ccccc2)c(C)c1CC(=O)N1CCN(C(=O)C(C)(C)C)CC1. The fraction of sp³-hybridized carbons (Fsp3) is 0.500. The molecule has 0 unspecified atom stereocenters. The van der Waals surface area contributed by atoms with Gasteiger partial charge in [-0.15, -0.1) is 0 Å². The Morgan fingerprint density at radius 3 is 2.11 bits per heavy atom. The molecule has 1 aliphatic rings. The Morgan fingerprint density at radius 1 is 0.964 bits per heavy atom. The van der Waals surface area contributed by atoms with Gasteiger partial charge >= 0.3 is 0 Å². The van der Waals surface area contributed by atoms with Crippen LogP contribution in [0, 0.1) is 19.3 Å². The average Bonchev–Trinajstić information content (AvgIpc) is 2.95. The highest BCUT2D eigenvalue weighted by Crippen LogP contribution is 2.21. The number of nitrogens with zero attached hydrogens (tertiary/aromatic N) is 4. The van der Waals surface area contributed by atoms with Crippen LogP contribution in [0.1, 0.15) is 37.7 Å². The van der Waals surface area contributed by atoms with Crippen LogP contribution in [0.25, 0.3) is 5.69 Å². The van der Waals surface area contributed by atoms with Crippen molar-refractivity contribution in [2.75, 3.05) is 26.2 Å². The topological polar surface area (TPSA) is 58.4 Å². The van der Waals surface area contributed by atoms with Crippen molar-refractivity contribution in [3.05, 3.63) is 47.3 Å². The number of hydrogen-bond donors (Lipinski definition) is 0. The molecule has 1 aromatic heterocycles. The van der Waals surface area contributed by atoms with Gasteiger partial charge in [-0.25, -0.2) is 4.68 Å². The van der Waals surface area contributed by atoms with Crippen molar-refractivity contribution < 1.29 is 9.59 Å². The molecule has 3 rings (SSSR count). The summed E-state index contributed by atoms with van der Waals surface area (Å²) in [5.74, 6) is 0.247. The molecule has 28 heavy (non-hydrogen) atoms. The van der Waals surface area contributed by atoms with E-state index in [0.29, 0.717) is 32.6 Å². The number of carbonyl (C=O) groups is 2. The molecule has 6 heteroatoms. The van der Waals surface area contributed by atoms with Gasteiger partial charge in [-0.05, 0) is 26.0 Å². The van der Waals surface area contributed by atoms with Crippen molar-refractivity contribution in [1.29, 1.82) is 0 Å². The van der Waals surface area contributed by atoms with Crippen LogP contribution < -0.4 is 0 Å². The molecule has 2 heterocycles. The maximum absolute atomic E-state index is 12.9. The zero-order valence-corrected chi connectivity index (χ0v) is 17.5. The van der Waals surface area contributed by atoms with Crippen LogP contribution in [0.3, 0.4) is 0 Å². The van der Waals surface area contributed by atoms with Crippen LogP contribution in [0.2, 0.25) is 0 Å². The maximum atomic E-state index is 12.9. The molecule has 0 saturated carbocycles. The third-order valence-electron chi connectivity index (χ3n) is 5.33. The number of carbonyl (C=O) groups excluding carboxylic acids is 2. The Bertz CT molecular complexity index is 857. The van der Waals surface area contributed by atoms with Gasteiger partial charge in [0, 0.05) is 42.9 Å². The van der Waals surface area contributed by atoms with E-state index < -0.39 is 0 Å². The van der Waals surface area contributed by atoms with Crippen molar-refractivity contribution in [3.8, 4) is 5.69 Å². The minimum absolute atomic E-state index is 0.0988. The van der Waals surface area contributed by atoms with Gasteiger partial charge in [-0.2, -0.15) is 5.10 Å². The Labute approximate surface area is 167 Å². The molecule has 1 saturated heterocycles. The van der Waals surface area contributed by atoms with Crippen LogP contribution in [0.4, 0.5) is 0 Å². The lowest BCUT2D eigenvalue weighted by atomic mass is 9.94. The summed E-state index contributed by atoms with van der Waals surface area (Å²) in [6.07, 6.45) is 0.345. The molecule has 0 spiro atoms.